The van der Waals surface area contributed by atoms with Crippen LogP contribution >= 0.6 is 0 Å². The minimum Gasteiger partial charge on any atom is -0.335 e. The average Bonchev–Trinajstić information content (AvgIpc) is 3.29. The number of halogens is 3. The molecule has 0 spiro atoms. The van der Waals surface area contributed by atoms with Crippen LogP contribution in [0.4, 0.5) is 13.2 Å². The van der Waals surface area contributed by atoms with Crippen molar-refractivity contribution < 1.29 is 22.8 Å². The monoisotopic (exact) mass is 429 g/mol. The zero-order chi connectivity index (χ0) is 22.0. The Hall–Kier alpha value is -3.69. The van der Waals surface area contributed by atoms with Gasteiger partial charge in [-0.25, -0.2) is 0 Å². The third-order valence-corrected chi connectivity index (χ3v) is 4.99. The fourth-order valence-electron chi connectivity index (χ4n) is 3.33. The van der Waals surface area contributed by atoms with E-state index in [0.717, 1.165) is 17.8 Å². The second-order valence-corrected chi connectivity index (χ2v) is 7.02. The summed E-state index contributed by atoms with van der Waals surface area (Å²) >= 11 is 0. The fourth-order valence-corrected chi connectivity index (χ4v) is 3.33. The first-order chi connectivity index (χ1) is 14.8. The highest BCUT2D eigenvalue weighted by Gasteiger charge is 2.32. The van der Waals surface area contributed by atoms with Gasteiger partial charge in [-0.15, -0.1) is 5.10 Å². The first-order valence-electron chi connectivity index (χ1n) is 9.56. The molecule has 4 rings (SSSR count). The molecule has 0 atom stereocenters. The fraction of sp³-hybridized carbons (Fsp3) is 0.238. The first-order valence-corrected chi connectivity index (χ1v) is 9.56. The number of carbonyl (C=O) groups excluding carboxylic acids is 2. The van der Waals surface area contributed by atoms with E-state index in [1.165, 1.54) is 28.0 Å². The number of nitrogens with zero attached hydrogens (tertiary/aromatic N) is 5. The van der Waals surface area contributed by atoms with Crippen molar-refractivity contribution in [3.05, 3.63) is 77.6 Å². The zero-order valence-corrected chi connectivity index (χ0v) is 16.3. The van der Waals surface area contributed by atoms with Crippen molar-refractivity contribution in [3.8, 4) is 5.69 Å². The van der Waals surface area contributed by atoms with Gasteiger partial charge in [0, 0.05) is 31.7 Å². The molecule has 2 aromatic carbocycles. The molecule has 31 heavy (non-hydrogen) atoms. The van der Waals surface area contributed by atoms with E-state index in [2.05, 4.69) is 10.2 Å². The second kappa shape index (κ2) is 8.21. The van der Waals surface area contributed by atoms with Crippen LogP contribution in [0, 0.1) is 0 Å². The van der Waals surface area contributed by atoms with Crippen LogP contribution in [0.1, 0.15) is 26.4 Å². The van der Waals surface area contributed by atoms with Crippen LogP contribution in [0.2, 0.25) is 0 Å². The number of carbonyl (C=O) groups is 2. The SMILES string of the molecule is O=C(c1cccc(C(F)(F)F)c1)N1CCN(C(=O)c2cnn(-c3ccccc3)n2)CC1. The van der Waals surface area contributed by atoms with Crippen molar-refractivity contribution >= 4 is 11.8 Å². The van der Waals surface area contributed by atoms with E-state index in [-0.39, 0.29) is 43.3 Å². The molecule has 0 bridgehead atoms. The Morgan fingerprint density at radius 2 is 1.48 bits per heavy atom. The number of amides is 2. The van der Waals surface area contributed by atoms with Gasteiger partial charge in [0.15, 0.2) is 5.69 Å². The molecule has 0 saturated carbocycles. The Morgan fingerprint density at radius 3 is 2.13 bits per heavy atom. The molecule has 1 aliphatic heterocycles. The molecule has 1 saturated heterocycles. The molecule has 0 radical (unpaired) electrons. The number of piperazine rings is 1. The van der Waals surface area contributed by atoms with Gasteiger partial charge in [0.25, 0.3) is 11.8 Å². The molecule has 0 aliphatic carbocycles. The lowest BCUT2D eigenvalue weighted by molar-refractivity contribution is -0.137. The molecule has 3 aromatic rings. The Morgan fingerprint density at radius 1 is 0.839 bits per heavy atom. The van der Waals surface area contributed by atoms with Gasteiger partial charge >= 0.3 is 6.18 Å². The zero-order valence-electron chi connectivity index (χ0n) is 16.3. The summed E-state index contributed by atoms with van der Waals surface area (Å²) in [5.74, 6) is -0.804. The summed E-state index contributed by atoms with van der Waals surface area (Å²) in [6.45, 7) is 0.935. The summed E-state index contributed by atoms with van der Waals surface area (Å²) in [6, 6.07) is 13.5. The summed E-state index contributed by atoms with van der Waals surface area (Å²) in [6.07, 6.45) is -3.13. The second-order valence-electron chi connectivity index (χ2n) is 7.02. The molecule has 0 N–H and O–H groups in total. The topological polar surface area (TPSA) is 71.3 Å². The van der Waals surface area contributed by atoms with Crippen molar-refractivity contribution in [3.63, 3.8) is 0 Å². The number of rotatable bonds is 3. The summed E-state index contributed by atoms with van der Waals surface area (Å²) in [5.41, 5.74) is 0.00799. The molecule has 2 amide bonds. The van der Waals surface area contributed by atoms with E-state index in [1.807, 2.05) is 30.3 Å². The van der Waals surface area contributed by atoms with E-state index in [4.69, 9.17) is 0 Å². The molecule has 2 heterocycles. The Balaban J connectivity index is 1.39. The number of benzene rings is 2. The normalized spacial score (nSPS) is 14.5. The molecule has 160 valence electrons. The third-order valence-electron chi connectivity index (χ3n) is 4.99. The molecule has 1 aliphatic rings. The van der Waals surface area contributed by atoms with Crippen molar-refractivity contribution in [1.82, 2.24) is 24.8 Å². The van der Waals surface area contributed by atoms with Crippen LogP contribution in [0.15, 0.2) is 60.8 Å². The highest BCUT2D eigenvalue weighted by atomic mass is 19.4. The molecule has 1 fully saturated rings. The summed E-state index contributed by atoms with van der Waals surface area (Å²) in [7, 11) is 0. The van der Waals surface area contributed by atoms with Crippen molar-refractivity contribution in [2.24, 2.45) is 0 Å². The molecule has 0 unspecified atom stereocenters. The lowest BCUT2D eigenvalue weighted by Gasteiger charge is -2.34. The van der Waals surface area contributed by atoms with E-state index < -0.39 is 17.6 Å². The van der Waals surface area contributed by atoms with Gasteiger partial charge in [-0.2, -0.15) is 23.1 Å². The molecular weight excluding hydrogens is 411 g/mol. The van der Waals surface area contributed by atoms with Gasteiger partial charge in [0.05, 0.1) is 17.4 Å². The number of hydrogen-bond donors (Lipinski definition) is 0. The lowest BCUT2D eigenvalue weighted by Crippen LogP contribution is -2.50. The number of hydrogen-bond acceptors (Lipinski definition) is 4. The number of alkyl halides is 3. The minimum atomic E-state index is -4.52. The van der Waals surface area contributed by atoms with Gasteiger partial charge in [-0.05, 0) is 30.3 Å². The standard InChI is InChI=1S/C21H18F3N5O2/c22-21(23,24)16-6-4-5-15(13-16)19(30)27-9-11-28(12-10-27)20(31)18-14-25-29(26-18)17-7-2-1-3-8-17/h1-8,13-14H,9-12H2. The molecule has 10 heteroatoms. The van der Waals surface area contributed by atoms with Gasteiger partial charge in [0.2, 0.25) is 0 Å². The maximum absolute atomic E-state index is 12.9. The van der Waals surface area contributed by atoms with Crippen LogP contribution in [-0.4, -0.2) is 62.8 Å². The van der Waals surface area contributed by atoms with E-state index in [9.17, 15) is 22.8 Å². The minimum absolute atomic E-state index is 0.0274. The van der Waals surface area contributed by atoms with Crippen LogP contribution in [0.3, 0.4) is 0 Å². The van der Waals surface area contributed by atoms with Crippen LogP contribution < -0.4 is 0 Å². The highest BCUT2D eigenvalue weighted by molar-refractivity contribution is 5.95. The van der Waals surface area contributed by atoms with Gasteiger partial charge < -0.3 is 9.80 Å². The third kappa shape index (κ3) is 4.42. The van der Waals surface area contributed by atoms with E-state index >= 15 is 0 Å². The van der Waals surface area contributed by atoms with E-state index in [1.54, 1.807) is 4.90 Å². The number of para-hydroxylation sites is 1. The van der Waals surface area contributed by atoms with Crippen LogP contribution in [-0.2, 0) is 6.18 Å². The Labute approximate surface area is 175 Å². The maximum atomic E-state index is 12.9. The predicted molar refractivity (Wildman–Crippen MR) is 105 cm³/mol. The highest BCUT2D eigenvalue weighted by Crippen LogP contribution is 2.29. The molecule has 1 aromatic heterocycles. The predicted octanol–water partition coefficient (Wildman–Crippen LogP) is 2.88. The average molecular weight is 429 g/mol. The van der Waals surface area contributed by atoms with Crippen LogP contribution in [0.25, 0.3) is 5.69 Å². The van der Waals surface area contributed by atoms with Crippen molar-refractivity contribution in [2.75, 3.05) is 26.2 Å². The van der Waals surface area contributed by atoms with Gasteiger partial charge in [0.1, 0.15) is 0 Å². The quantitative estimate of drug-likeness (QED) is 0.642. The van der Waals surface area contributed by atoms with Crippen molar-refractivity contribution in [1.29, 1.82) is 0 Å². The largest absolute Gasteiger partial charge is 0.416 e. The van der Waals surface area contributed by atoms with E-state index in [0.29, 0.717) is 0 Å². The first kappa shape index (κ1) is 20.6. The Kier molecular flexibility index (Phi) is 5.45. The van der Waals surface area contributed by atoms with Crippen LogP contribution in [0.5, 0.6) is 0 Å². The lowest BCUT2D eigenvalue weighted by atomic mass is 10.1. The smallest absolute Gasteiger partial charge is 0.335 e. The summed E-state index contributed by atoms with van der Waals surface area (Å²) in [5, 5.41) is 8.33. The number of aromatic nitrogens is 3. The maximum Gasteiger partial charge on any atom is 0.416 e. The molecule has 7 nitrogen and oxygen atoms in total. The Bertz CT molecular complexity index is 1090. The van der Waals surface area contributed by atoms with Gasteiger partial charge in [-0.1, -0.05) is 24.3 Å². The van der Waals surface area contributed by atoms with Crippen molar-refractivity contribution in [2.45, 2.75) is 6.18 Å². The summed E-state index contributed by atoms with van der Waals surface area (Å²) in [4.78, 5) is 29.7. The molecular formula is C21H18F3N5O2. The van der Waals surface area contributed by atoms with Gasteiger partial charge in [-0.3, -0.25) is 9.59 Å². The summed E-state index contributed by atoms with van der Waals surface area (Å²) < 4.78 is 38.7.